The van der Waals surface area contributed by atoms with Crippen molar-refractivity contribution in [2.45, 2.75) is 12.8 Å². The van der Waals surface area contributed by atoms with Crippen LogP contribution in [0, 0.1) is 11.8 Å². The minimum Gasteiger partial charge on any atom is -0.508 e. The van der Waals surface area contributed by atoms with Gasteiger partial charge in [0, 0.05) is 18.4 Å². The van der Waals surface area contributed by atoms with E-state index in [0.717, 1.165) is 28.3 Å². The van der Waals surface area contributed by atoms with E-state index in [9.17, 15) is 5.11 Å². The molecule has 4 aromatic carbocycles. The van der Waals surface area contributed by atoms with Gasteiger partial charge < -0.3 is 5.11 Å². The fourth-order valence-electron chi connectivity index (χ4n) is 3.21. The average molecular weight is 348 g/mol. The average Bonchev–Trinajstić information content (AvgIpc) is 2.70. The summed E-state index contributed by atoms with van der Waals surface area (Å²) in [5.74, 6) is 6.85. The number of rotatable bonds is 3. The van der Waals surface area contributed by atoms with Crippen molar-refractivity contribution in [2.24, 2.45) is 0 Å². The lowest BCUT2D eigenvalue weighted by Crippen LogP contribution is -1.89. The predicted molar refractivity (Wildman–Crippen MR) is 112 cm³/mol. The zero-order chi connectivity index (χ0) is 18.5. The summed E-state index contributed by atoms with van der Waals surface area (Å²) in [5, 5.41) is 12.5. The maximum atomic E-state index is 10.4. The summed E-state index contributed by atoms with van der Waals surface area (Å²) in [6, 6.07) is 30.5. The molecular weight excluding hydrogens is 328 g/mol. The highest BCUT2D eigenvalue weighted by Crippen LogP contribution is 2.27. The first-order valence-electron chi connectivity index (χ1n) is 9.10. The van der Waals surface area contributed by atoms with Gasteiger partial charge in [-0.15, -0.1) is 0 Å². The van der Waals surface area contributed by atoms with Crippen molar-refractivity contribution >= 4 is 10.8 Å². The van der Waals surface area contributed by atoms with Gasteiger partial charge >= 0.3 is 0 Å². The minimum absolute atomic E-state index is 0.342. The van der Waals surface area contributed by atoms with Gasteiger partial charge in [-0.05, 0) is 51.7 Å². The molecule has 1 N–H and O–H groups in total. The van der Waals surface area contributed by atoms with Crippen LogP contribution in [0.2, 0.25) is 0 Å². The van der Waals surface area contributed by atoms with E-state index < -0.39 is 0 Å². The molecule has 0 aliphatic rings. The summed E-state index contributed by atoms with van der Waals surface area (Å²) in [6.07, 6.45) is 1.46. The second-order valence-corrected chi connectivity index (χ2v) is 6.67. The number of hydrogen-bond donors (Lipinski definition) is 1. The van der Waals surface area contributed by atoms with Crippen LogP contribution in [0.25, 0.3) is 10.8 Å². The van der Waals surface area contributed by atoms with Gasteiger partial charge in [0.2, 0.25) is 0 Å². The number of aromatic hydroxyl groups is 1. The van der Waals surface area contributed by atoms with E-state index in [1.807, 2.05) is 54.6 Å². The highest BCUT2D eigenvalue weighted by atomic mass is 16.3. The number of fused-ring (bicyclic) bond motifs is 1. The Morgan fingerprint density at radius 3 is 2.11 bits per heavy atom. The molecule has 0 aromatic heterocycles. The van der Waals surface area contributed by atoms with Crippen molar-refractivity contribution in [1.82, 2.24) is 0 Å². The molecule has 1 nitrogen and oxygen atoms in total. The van der Waals surface area contributed by atoms with Crippen molar-refractivity contribution in [3.63, 3.8) is 0 Å². The van der Waals surface area contributed by atoms with E-state index >= 15 is 0 Å². The first-order chi connectivity index (χ1) is 13.3. The molecule has 0 atom stereocenters. The molecule has 0 unspecified atom stereocenters. The van der Waals surface area contributed by atoms with Gasteiger partial charge in [0.05, 0.1) is 0 Å². The Morgan fingerprint density at radius 1 is 0.667 bits per heavy atom. The van der Waals surface area contributed by atoms with Gasteiger partial charge in [0.1, 0.15) is 5.75 Å². The van der Waals surface area contributed by atoms with Crippen molar-refractivity contribution in [3.05, 3.63) is 113 Å². The zero-order valence-corrected chi connectivity index (χ0v) is 15.0. The lowest BCUT2D eigenvalue weighted by Gasteiger charge is -2.08. The van der Waals surface area contributed by atoms with E-state index in [1.165, 1.54) is 11.1 Å². The molecule has 0 bridgehead atoms. The van der Waals surface area contributed by atoms with E-state index in [2.05, 4.69) is 48.2 Å². The molecule has 0 saturated carbocycles. The third kappa shape index (κ3) is 4.19. The van der Waals surface area contributed by atoms with Crippen LogP contribution in [0.1, 0.15) is 22.3 Å². The van der Waals surface area contributed by atoms with Crippen LogP contribution in [0.4, 0.5) is 0 Å². The summed E-state index contributed by atoms with van der Waals surface area (Å²) in [6.45, 7) is 0. The molecule has 0 heterocycles. The highest BCUT2D eigenvalue weighted by Gasteiger charge is 2.06. The quantitative estimate of drug-likeness (QED) is 0.469. The maximum Gasteiger partial charge on any atom is 0.119 e. The van der Waals surface area contributed by atoms with Gasteiger partial charge in [-0.25, -0.2) is 0 Å². The van der Waals surface area contributed by atoms with Crippen molar-refractivity contribution in [3.8, 4) is 17.6 Å². The van der Waals surface area contributed by atoms with Crippen LogP contribution < -0.4 is 0 Å². The van der Waals surface area contributed by atoms with Crippen molar-refractivity contribution in [2.75, 3.05) is 0 Å². The Balaban J connectivity index is 1.60. The predicted octanol–water partition coefficient (Wildman–Crippen LogP) is 5.73. The molecule has 0 aliphatic heterocycles. The highest BCUT2D eigenvalue weighted by molar-refractivity contribution is 5.86. The third-order valence-electron chi connectivity index (χ3n) is 4.64. The number of hydrogen-bond acceptors (Lipinski definition) is 1. The van der Waals surface area contributed by atoms with Gasteiger partial charge in [-0.2, -0.15) is 0 Å². The molecule has 130 valence electrons. The van der Waals surface area contributed by atoms with Crippen LogP contribution in [-0.2, 0) is 12.8 Å². The second-order valence-electron chi connectivity index (χ2n) is 6.67. The van der Waals surface area contributed by atoms with Crippen LogP contribution in [0.5, 0.6) is 5.75 Å². The van der Waals surface area contributed by atoms with E-state index in [1.54, 1.807) is 0 Å². The molecule has 0 amide bonds. The lowest BCUT2D eigenvalue weighted by molar-refractivity contribution is 0.470. The summed E-state index contributed by atoms with van der Waals surface area (Å²) in [7, 11) is 0. The van der Waals surface area contributed by atoms with E-state index in [-0.39, 0.29) is 0 Å². The number of phenolic OH excluding ortho intramolecular Hbond substituents is 1. The number of phenols is 1. The molecule has 0 saturated heterocycles. The molecule has 0 aliphatic carbocycles. The molecule has 27 heavy (non-hydrogen) atoms. The summed E-state index contributed by atoms with van der Waals surface area (Å²) in [5.41, 5.74) is 4.34. The second kappa shape index (κ2) is 7.81. The SMILES string of the molecule is Oc1cc2ccc(C#CCc3ccccc3)cc2cc1Cc1ccccc1. The molecule has 0 fully saturated rings. The monoisotopic (exact) mass is 348 g/mol. The van der Waals surface area contributed by atoms with Crippen LogP contribution in [-0.4, -0.2) is 5.11 Å². The van der Waals surface area contributed by atoms with Crippen LogP contribution in [0.15, 0.2) is 91.0 Å². The largest absolute Gasteiger partial charge is 0.508 e. The standard InChI is InChI=1S/C26H20O/c27-26-19-23-15-14-22(13-7-12-20-8-3-1-4-9-20)16-24(23)18-25(26)17-21-10-5-2-6-11-21/h1-6,8-11,14-16,18-19,27H,12,17H2. The van der Waals surface area contributed by atoms with Gasteiger partial charge in [0.15, 0.2) is 0 Å². The van der Waals surface area contributed by atoms with E-state index in [0.29, 0.717) is 12.2 Å². The van der Waals surface area contributed by atoms with Crippen LogP contribution in [0.3, 0.4) is 0 Å². The summed E-state index contributed by atoms with van der Waals surface area (Å²) in [4.78, 5) is 0. The maximum absolute atomic E-state index is 10.4. The Hall–Kier alpha value is -3.50. The van der Waals surface area contributed by atoms with Crippen molar-refractivity contribution < 1.29 is 5.11 Å². The third-order valence-corrected chi connectivity index (χ3v) is 4.64. The smallest absolute Gasteiger partial charge is 0.119 e. The normalized spacial score (nSPS) is 10.4. The van der Waals surface area contributed by atoms with Gasteiger partial charge in [-0.3, -0.25) is 0 Å². The van der Waals surface area contributed by atoms with E-state index in [4.69, 9.17) is 0 Å². The first kappa shape index (κ1) is 16.9. The lowest BCUT2D eigenvalue weighted by atomic mass is 9.99. The Labute approximate surface area is 159 Å². The van der Waals surface area contributed by atoms with Gasteiger partial charge in [0.25, 0.3) is 0 Å². The first-order valence-corrected chi connectivity index (χ1v) is 9.10. The van der Waals surface area contributed by atoms with Crippen molar-refractivity contribution in [1.29, 1.82) is 0 Å². The Bertz CT molecular complexity index is 1120. The Kier molecular flexibility index (Phi) is 4.90. The topological polar surface area (TPSA) is 20.2 Å². The number of benzene rings is 4. The van der Waals surface area contributed by atoms with Gasteiger partial charge in [-0.1, -0.05) is 78.6 Å². The summed E-state index contributed by atoms with van der Waals surface area (Å²) < 4.78 is 0. The minimum atomic E-state index is 0.342. The zero-order valence-electron chi connectivity index (χ0n) is 15.0. The molecule has 0 spiro atoms. The van der Waals surface area contributed by atoms with Crippen LogP contribution >= 0.6 is 0 Å². The molecular formula is C26H20O. The molecule has 4 rings (SSSR count). The summed E-state index contributed by atoms with van der Waals surface area (Å²) >= 11 is 0. The fraction of sp³-hybridized carbons (Fsp3) is 0.0769. The molecule has 4 aromatic rings. The molecule has 1 heteroatoms. The Morgan fingerprint density at radius 2 is 1.37 bits per heavy atom. The molecule has 0 radical (unpaired) electrons. The fourth-order valence-corrected chi connectivity index (χ4v) is 3.21.